The zero-order chi connectivity index (χ0) is 17.4. The monoisotopic (exact) mass is 350 g/mol. The smallest absolute Gasteiger partial charge is 0.362 e. The third-order valence-corrected chi connectivity index (χ3v) is 4.62. The molecule has 0 radical (unpaired) electrons. The van der Waals surface area contributed by atoms with E-state index < -0.39 is 17.5 Å². The molecule has 0 saturated heterocycles. The van der Waals surface area contributed by atoms with Gasteiger partial charge in [0.25, 0.3) is 5.56 Å². The maximum atomic E-state index is 12.4. The Hall–Kier alpha value is -2.75. The molecule has 126 valence electrons. The Bertz CT molecular complexity index is 1020. The lowest BCUT2D eigenvalue weighted by Crippen LogP contribution is -2.12. The van der Waals surface area contributed by atoms with Gasteiger partial charge in [0.15, 0.2) is 5.65 Å². The fraction of sp³-hybridized carbons (Fsp3) is 0.357. The highest BCUT2D eigenvalue weighted by molar-refractivity contribution is 7.20. The molecule has 0 saturated carbocycles. The number of hydrogen-bond donors (Lipinski definition) is 1. The van der Waals surface area contributed by atoms with Crippen molar-refractivity contribution in [1.82, 2.24) is 19.8 Å². The number of carbonyl (C=O) groups excluding carboxylic acids is 2. The molecule has 9 nitrogen and oxygen atoms in total. The lowest BCUT2D eigenvalue weighted by atomic mass is 10.2. The van der Waals surface area contributed by atoms with Crippen molar-refractivity contribution in [2.75, 3.05) is 13.2 Å². The fourth-order valence-corrected chi connectivity index (χ4v) is 3.49. The molecule has 0 aliphatic rings. The summed E-state index contributed by atoms with van der Waals surface area (Å²) in [7, 11) is 0. The van der Waals surface area contributed by atoms with E-state index in [2.05, 4.69) is 15.3 Å². The van der Waals surface area contributed by atoms with E-state index in [1.54, 1.807) is 20.8 Å². The second-order valence-electron chi connectivity index (χ2n) is 4.81. The highest BCUT2D eigenvalue weighted by Gasteiger charge is 2.24. The van der Waals surface area contributed by atoms with Gasteiger partial charge in [-0.15, -0.1) is 16.4 Å². The van der Waals surface area contributed by atoms with E-state index in [1.807, 2.05) is 0 Å². The van der Waals surface area contributed by atoms with Crippen LogP contribution in [0.1, 0.15) is 39.6 Å². The standard InChI is InChI=1S/C14H14N4O5S/c1-4-22-13(20)8-10-15-11(19)7-6(3)9(14(21)23-5-2)24-12(7)18(10)17-16-8/h17H,4-5H2,1-3H3. The molecule has 0 aliphatic carbocycles. The van der Waals surface area contributed by atoms with E-state index in [9.17, 15) is 14.4 Å². The van der Waals surface area contributed by atoms with Crippen LogP contribution in [0, 0.1) is 6.92 Å². The first-order valence-corrected chi connectivity index (χ1v) is 8.05. The van der Waals surface area contributed by atoms with E-state index in [0.717, 1.165) is 11.3 Å². The van der Waals surface area contributed by atoms with Crippen molar-refractivity contribution in [3.8, 4) is 0 Å². The van der Waals surface area contributed by atoms with Crippen LogP contribution in [0.25, 0.3) is 15.9 Å². The predicted octanol–water partition coefficient (Wildman–Crippen LogP) is 1.29. The van der Waals surface area contributed by atoms with Crippen LogP contribution in [0.2, 0.25) is 0 Å². The van der Waals surface area contributed by atoms with E-state index in [0.29, 0.717) is 20.7 Å². The summed E-state index contributed by atoms with van der Waals surface area (Å²) in [6.45, 7) is 5.43. The number of thiophene rings is 1. The second-order valence-corrected chi connectivity index (χ2v) is 5.81. The van der Waals surface area contributed by atoms with Gasteiger partial charge < -0.3 is 9.47 Å². The molecule has 0 atom stereocenters. The highest BCUT2D eigenvalue weighted by atomic mass is 32.1. The molecular weight excluding hydrogens is 336 g/mol. The topological polar surface area (TPSA) is 116 Å². The van der Waals surface area contributed by atoms with E-state index in [4.69, 9.17) is 9.47 Å². The predicted molar refractivity (Wildman–Crippen MR) is 85.6 cm³/mol. The summed E-state index contributed by atoms with van der Waals surface area (Å²) in [5.74, 6) is -1.18. The Morgan fingerprint density at radius 2 is 1.88 bits per heavy atom. The summed E-state index contributed by atoms with van der Waals surface area (Å²) in [6.07, 6.45) is 0. The van der Waals surface area contributed by atoms with Gasteiger partial charge in [0.1, 0.15) is 9.71 Å². The van der Waals surface area contributed by atoms with Crippen LogP contribution in [0.5, 0.6) is 0 Å². The first kappa shape index (κ1) is 16.1. The number of carbonyl (C=O) groups is 2. The molecule has 0 amide bonds. The van der Waals surface area contributed by atoms with Crippen LogP contribution in [-0.2, 0) is 9.47 Å². The van der Waals surface area contributed by atoms with Crippen LogP contribution in [0.3, 0.4) is 0 Å². The first-order valence-electron chi connectivity index (χ1n) is 7.24. The van der Waals surface area contributed by atoms with Gasteiger partial charge in [0, 0.05) is 0 Å². The molecule has 0 spiro atoms. The number of nitrogens with one attached hydrogen (secondary N) is 1. The Labute approximate surface area is 139 Å². The molecule has 10 heteroatoms. The molecule has 24 heavy (non-hydrogen) atoms. The van der Waals surface area contributed by atoms with Crippen LogP contribution in [0.4, 0.5) is 0 Å². The second kappa shape index (κ2) is 6.04. The average molecular weight is 350 g/mol. The lowest BCUT2D eigenvalue weighted by molar-refractivity contribution is 0.0515. The van der Waals surface area contributed by atoms with Crippen LogP contribution in [-0.4, -0.2) is 45.0 Å². The third-order valence-electron chi connectivity index (χ3n) is 3.37. The first-order chi connectivity index (χ1) is 11.5. The summed E-state index contributed by atoms with van der Waals surface area (Å²) >= 11 is 1.08. The number of H-pyrrole nitrogens is 1. The summed E-state index contributed by atoms with van der Waals surface area (Å²) in [4.78, 5) is 41.0. The molecule has 3 aromatic heterocycles. The molecule has 1 N–H and O–H groups in total. The van der Waals surface area contributed by atoms with Crippen LogP contribution < -0.4 is 5.56 Å². The number of nitrogens with zero attached hydrogens (tertiary/aromatic N) is 3. The van der Waals surface area contributed by atoms with Gasteiger partial charge in [-0.1, -0.05) is 0 Å². The molecule has 3 aromatic rings. The molecular formula is C14H14N4O5S. The van der Waals surface area contributed by atoms with Crippen molar-refractivity contribution >= 4 is 39.1 Å². The Balaban J connectivity index is 2.29. The van der Waals surface area contributed by atoms with Crippen molar-refractivity contribution in [3.63, 3.8) is 0 Å². The number of aromatic amines is 1. The zero-order valence-corrected chi connectivity index (χ0v) is 14.0. The van der Waals surface area contributed by atoms with Crippen molar-refractivity contribution < 1.29 is 19.1 Å². The summed E-state index contributed by atoms with van der Waals surface area (Å²) in [6, 6.07) is 0. The minimum atomic E-state index is -0.679. The quantitative estimate of drug-likeness (QED) is 0.705. The third kappa shape index (κ3) is 2.35. The number of ether oxygens (including phenoxy) is 2. The van der Waals surface area contributed by atoms with E-state index >= 15 is 0 Å². The number of esters is 2. The van der Waals surface area contributed by atoms with Crippen LogP contribution in [0.15, 0.2) is 4.79 Å². The molecule has 3 rings (SSSR count). The Kier molecular flexibility index (Phi) is 4.06. The maximum Gasteiger partial charge on any atom is 0.362 e. The lowest BCUT2D eigenvalue weighted by Gasteiger charge is -1.98. The molecule has 0 aliphatic heterocycles. The Morgan fingerprint density at radius 3 is 2.54 bits per heavy atom. The Morgan fingerprint density at radius 1 is 1.21 bits per heavy atom. The number of hydrogen-bond acceptors (Lipinski definition) is 8. The maximum absolute atomic E-state index is 12.4. The van der Waals surface area contributed by atoms with Gasteiger partial charge in [-0.25, -0.2) is 19.3 Å². The van der Waals surface area contributed by atoms with Gasteiger partial charge in [-0.05, 0) is 26.3 Å². The van der Waals surface area contributed by atoms with Crippen LogP contribution >= 0.6 is 11.3 Å². The van der Waals surface area contributed by atoms with Gasteiger partial charge in [-0.2, -0.15) is 4.98 Å². The highest BCUT2D eigenvalue weighted by Crippen LogP contribution is 2.29. The zero-order valence-electron chi connectivity index (χ0n) is 13.2. The summed E-state index contributed by atoms with van der Waals surface area (Å²) in [5, 5.41) is 6.80. The van der Waals surface area contributed by atoms with Gasteiger partial charge >= 0.3 is 11.9 Å². The number of fused-ring (bicyclic) bond motifs is 3. The van der Waals surface area contributed by atoms with Gasteiger partial charge in [0.2, 0.25) is 5.69 Å². The largest absolute Gasteiger partial charge is 0.462 e. The van der Waals surface area contributed by atoms with Crippen molar-refractivity contribution in [2.45, 2.75) is 20.8 Å². The van der Waals surface area contributed by atoms with Gasteiger partial charge in [0.05, 0.1) is 18.6 Å². The minimum Gasteiger partial charge on any atom is -0.462 e. The van der Waals surface area contributed by atoms with Gasteiger partial charge in [-0.3, -0.25) is 4.79 Å². The SMILES string of the molecule is CCOC(=O)c1sc2c(c1C)c(=O)nc1c(C(=O)OCC)n[nH]n12. The normalized spacial score (nSPS) is 11.1. The number of aromatic nitrogens is 4. The van der Waals surface area contributed by atoms with Crippen molar-refractivity contribution in [3.05, 3.63) is 26.5 Å². The average Bonchev–Trinajstić information content (AvgIpc) is 3.09. The summed E-state index contributed by atoms with van der Waals surface area (Å²) in [5.41, 5.74) is -0.0731. The van der Waals surface area contributed by atoms with Crippen molar-refractivity contribution in [2.24, 2.45) is 0 Å². The molecule has 0 bridgehead atoms. The number of aryl methyl sites for hydroxylation is 1. The van der Waals surface area contributed by atoms with Crippen molar-refractivity contribution in [1.29, 1.82) is 0 Å². The van der Waals surface area contributed by atoms with E-state index in [1.165, 1.54) is 4.52 Å². The van der Waals surface area contributed by atoms with E-state index in [-0.39, 0.29) is 24.6 Å². The minimum absolute atomic E-state index is 0.0580. The molecule has 0 unspecified atom stereocenters. The fourth-order valence-electron chi connectivity index (χ4n) is 2.34. The number of rotatable bonds is 4. The molecule has 3 heterocycles. The molecule has 0 fully saturated rings. The summed E-state index contributed by atoms with van der Waals surface area (Å²) < 4.78 is 11.3. The molecule has 0 aromatic carbocycles.